The number of rotatable bonds is 9. The van der Waals surface area contributed by atoms with Crippen molar-refractivity contribution in [1.29, 1.82) is 0 Å². The number of ether oxygens (including phenoxy) is 2. The van der Waals surface area contributed by atoms with Crippen molar-refractivity contribution < 1.29 is 24.2 Å². The highest BCUT2D eigenvalue weighted by Gasteiger charge is 2.19. The largest absolute Gasteiger partial charge is 0.492 e. The first-order chi connectivity index (χ1) is 10.1. The van der Waals surface area contributed by atoms with Crippen molar-refractivity contribution in [2.45, 2.75) is 12.5 Å². The number of aliphatic carboxylic acids is 1. The van der Waals surface area contributed by atoms with E-state index in [4.69, 9.17) is 14.6 Å². The second-order valence-electron chi connectivity index (χ2n) is 4.23. The van der Waals surface area contributed by atoms with Gasteiger partial charge >= 0.3 is 12.0 Å². The van der Waals surface area contributed by atoms with E-state index in [-0.39, 0.29) is 19.6 Å². The number of nitrogens with one attached hydrogen (secondary N) is 2. The van der Waals surface area contributed by atoms with Gasteiger partial charge in [-0.05, 0) is 12.1 Å². The molecule has 1 rings (SSSR count). The molecular formula is C14H20N2O5. The van der Waals surface area contributed by atoms with Crippen molar-refractivity contribution in [1.82, 2.24) is 10.6 Å². The van der Waals surface area contributed by atoms with Crippen LogP contribution in [-0.2, 0) is 9.53 Å². The number of carbonyl (C=O) groups is 2. The predicted molar refractivity (Wildman–Crippen MR) is 76.4 cm³/mol. The lowest BCUT2D eigenvalue weighted by atomic mass is 10.2. The highest BCUT2D eigenvalue weighted by molar-refractivity contribution is 5.82. The zero-order valence-corrected chi connectivity index (χ0v) is 11.9. The van der Waals surface area contributed by atoms with Crippen LogP contribution >= 0.6 is 0 Å². The van der Waals surface area contributed by atoms with Gasteiger partial charge in [-0.3, -0.25) is 0 Å². The molecule has 0 bridgehead atoms. The molecule has 0 aliphatic carbocycles. The van der Waals surface area contributed by atoms with Crippen LogP contribution in [0.4, 0.5) is 4.79 Å². The van der Waals surface area contributed by atoms with Gasteiger partial charge in [-0.25, -0.2) is 9.59 Å². The van der Waals surface area contributed by atoms with Crippen LogP contribution in [0.2, 0.25) is 0 Å². The minimum absolute atomic E-state index is 0.208. The van der Waals surface area contributed by atoms with Crippen molar-refractivity contribution in [2.24, 2.45) is 0 Å². The van der Waals surface area contributed by atoms with Gasteiger partial charge in [-0.15, -0.1) is 0 Å². The van der Waals surface area contributed by atoms with E-state index in [1.165, 1.54) is 7.11 Å². The molecule has 1 aromatic rings. The van der Waals surface area contributed by atoms with Gasteiger partial charge in [-0.1, -0.05) is 18.2 Å². The van der Waals surface area contributed by atoms with Crippen LogP contribution in [0.25, 0.3) is 0 Å². The highest BCUT2D eigenvalue weighted by Crippen LogP contribution is 2.07. The molecule has 3 N–H and O–H groups in total. The van der Waals surface area contributed by atoms with Gasteiger partial charge in [0.1, 0.15) is 18.4 Å². The number of benzene rings is 1. The molecule has 0 spiro atoms. The van der Waals surface area contributed by atoms with Crippen LogP contribution < -0.4 is 15.4 Å². The fraction of sp³-hybridized carbons (Fsp3) is 0.429. The summed E-state index contributed by atoms with van der Waals surface area (Å²) < 4.78 is 10.2. The molecule has 0 saturated heterocycles. The van der Waals surface area contributed by atoms with E-state index in [0.717, 1.165) is 0 Å². The number of hydrogen-bond acceptors (Lipinski definition) is 4. The van der Waals surface area contributed by atoms with Crippen molar-refractivity contribution in [3.63, 3.8) is 0 Å². The summed E-state index contributed by atoms with van der Waals surface area (Å²) in [6.45, 7) is 0.832. The van der Waals surface area contributed by atoms with Gasteiger partial charge in [-0.2, -0.15) is 0 Å². The molecule has 0 fully saturated rings. The molecule has 1 atom stereocenters. The lowest BCUT2D eigenvalue weighted by Crippen LogP contribution is -2.47. The zero-order valence-electron chi connectivity index (χ0n) is 11.9. The maximum absolute atomic E-state index is 11.6. The minimum atomic E-state index is -1.09. The standard InChI is InChI=1S/C14H20N2O5/c1-20-9-7-12(13(17)18)16-14(19)15-8-10-21-11-5-3-2-4-6-11/h2-6,12H,7-10H2,1H3,(H,17,18)(H2,15,16,19). The van der Waals surface area contributed by atoms with Gasteiger partial charge in [0.05, 0.1) is 6.54 Å². The second-order valence-corrected chi connectivity index (χ2v) is 4.23. The van der Waals surface area contributed by atoms with Crippen molar-refractivity contribution in [2.75, 3.05) is 26.9 Å². The Morgan fingerprint density at radius 1 is 1.24 bits per heavy atom. The van der Waals surface area contributed by atoms with E-state index >= 15 is 0 Å². The van der Waals surface area contributed by atoms with Crippen LogP contribution in [0.3, 0.4) is 0 Å². The summed E-state index contributed by atoms with van der Waals surface area (Å²) in [4.78, 5) is 22.5. The average molecular weight is 296 g/mol. The third kappa shape index (κ3) is 7.17. The molecule has 0 saturated carbocycles. The van der Waals surface area contributed by atoms with Crippen LogP contribution in [-0.4, -0.2) is 50.0 Å². The van der Waals surface area contributed by atoms with E-state index in [2.05, 4.69) is 10.6 Å². The molecule has 2 amide bonds. The van der Waals surface area contributed by atoms with Gasteiger partial charge in [0.2, 0.25) is 0 Å². The number of para-hydroxylation sites is 1. The third-order valence-electron chi connectivity index (χ3n) is 2.61. The van der Waals surface area contributed by atoms with Gasteiger partial charge < -0.3 is 25.2 Å². The van der Waals surface area contributed by atoms with Crippen molar-refractivity contribution >= 4 is 12.0 Å². The van der Waals surface area contributed by atoms with Crippen molar-refractivity contribution in [3.8, 4) is 5.75 Å². The summed E-state index contributed by atoms with van der Waals surface area (Å²) in [7, 11) is 1.47. The monoisotopic (exact) mass is 296 g/mol. The Kier molecular flexibility index (Phi) is 7.67. The predicted octanol–water partition coefficient (Wildman–Crippen LogP) is 0.854. The molecule has 7 heteroatoms. The molecule has 0 aliphatic rings. The van der Waals surface area contributed by atoms with E-state index in [1.807, 2.05) is 30.3 Å². The summed E-state index contributed by atoms with van der Waals surface area (Å²) in [6, 6.07) is 7.68. The molecule has 21 heavy (non-hydrogen) atoms. The summed E-state index contributed by atoms with van der Waals surface area (Å²) in [5, 5.41) is 13.8. The topological polar surface area (TPSA) is 96.9 Å². The molecule has 1 unspecified atom stereocenters. The second kappa shape index (κ2) is 9.60. The van der Waals surface area contributed by atoms with Gasteiger partial charge in [0.15, 0.2) is 0 Å². The molecule has 116 valence electrons. The zero-order chi connectivity index (χ0) is 15.5. The number of methoxy groups -OCH3 is 1. The first-order valence-electron chi connectivity index (χ1n) is 6.57. The first kappa shape index (κ1) is 16.8. The Morgan fingerprint density at radius 2 is 1.95 bits per heavy atom. The summed E-state index contributed by atoms with van der Waals surface area (Å²) in [5.41, 5.74) is 0. The Balaban J connectivity index is 2.21. The van der Waals surface area contributed by atoms with Crippen molar-refractivity contribution in [3.05, 3.63) is 30.3 Å². The summed E-state index contributed by atoms with van der Waals surface area (Å²) >= 11 is 0. The Hall–Kier alpha value is -2.28. The molecule has 0 radical (unpaired) electrons. The number of carboxylic acids is 1. The minimum Gasteiger partial charge on any atom is -0.492 e. The molecule has 0 heterocycles. The van der Waals surface area contributed by atoms with E-state index in [9.17, 15) is 9.59 Å². The van der Waals surface area contributed by atoms with Gasteiger partial charge in [0.25, 0.3) is 0 Å². The number of urea groups is 1. The highest BCUT2D eigenvalue weighted by atomic mass is 16.5. The fourth-order valence-corrected chi connectivity index (χ4v) is 1.55. The lowest BCUT2D eigenvalue weighted by Gasteiger charge is -2.14. The van der Waals surface area contributed by atoms with Crippen LogP contribution in [0, 0.1) is 0 Å². The quantitative estimate of drug-likeness (QED) is 0.587. The number of amides is 2. The molecule has 1 aromatic carbocycles. The average Bonchev–Trinajstić information content (AvgIpc) is 2.48. The number of hydrogen-bond donors (Lipinski definition) is 3. The first-order valence-corrected chi connectivity index (χ1v) is 6.57. The normalized spacial score (nSPS) is 11.5. The van der Waals surface area contributed by atoms with E-state index < -0.39 is 18.0 Å². The number of carbonyl (C=O) groups excluding carboxylic acids is 1. The summed E-state index contributed by atoms with van der Waals surface area (Å²) in [5.74, 6) is -0.383. The fourth-order valence-electron chi connectivity index (χ4n) is 1.55. The van der Waals surface area contributed by atoms with Crippen LogP contribution in [0.5, 0.6) is 5.75 Å². The molecule has 0 aromatic heterocycles. The molecule has 0 aliphatic heterocycles. The Labute approximate surface area is 123 Å². The third-order valence-corrected chi connectivity index (χ3v) is 2.61. The lowest BCUT2D eigenvalue weighted by molar-refractivity contribution is -0.139. The van der Waals surface area contributed by atoms with Gasteiger partial charge in [0, 0.05) is 20.1 Å². The van der Waals surface area contributed by atoms with E-state index in [0.29, 0.717) is 12.4 Å². The maximum atomic E-state index is 11.6. The van der Waals surface area contributed by atoms with E-state index in [1.54, 1.807) is 0 Å². The Morgan fingerprint density at radius 3 is 2.57 bits per heavy atom. The molecule has 7 nitrogen and oxygen atoms in total. The molecular weight excluding hydrogens is 276 g/mol. The number of carboxylic acid groups (broad SMARTS) is 1. The van der Waals surface area contributed by atoms with Crippen LogP contribution in [0.15, 0.2) is 30.3 Å². The van der Waals surface area contributed by atoms with Crippen LogP contribution in [0.1, 0.15) is 6.42 Å². The maximum Gasteiger partial charge on any atom is 0.326 e. The SMILES string of the molecule is COCCC(NC(=O)NCCOc1ccccc1)C(=O)O. The Bertz CT molecular complexity index is 438. The summed E-state index contributed by atoms with van der Waals surface area (Å²) in [6.07, 6.45) is 0.208. The smallest absolute Gasteiger partial charge is 0.326 e.